The van der Waals surface area contributed by atoms with Crippen molar-refractivity contribution in [3.05, 3.63) is 42.5 Å². The summed E-state index contributed by atoms with van der Waals surface area (Å²) in [6.45, 7) is 2.41. The summed E-state index contributed by atoms with van der Waals surface area (Å²) >= 11 is 0. The topological polar surface area (TPSA) is 64.0 Å². The van der Waals surface area contributed by atoms with Crippen LogP contribution in [-0.4, -0.2) is 18.2 Å². The number of sulfonamides is 1. The summed E-state index contributed by atoms with van der Waals surface area (Å²) in [6.07, 6.45) is 2.62. The van der Waals surface area contributed by atoms with Crippen LogP contribution in [-0.2, 0) is 16.6 Å². The van der Waals surface area contributed by atoms with Gasteiger partial charge in [-0.05, 0) is 19.1 Å². The van der Waals surface area contributed by atoms with E-state index in [0.29, 0.717) is 6.54 Å². The second-order valence-corrected chi connectivity index (χ2v) is 5.30. The van der Waals surface area contributed by atoms with E-state index >= 15 is 0 Å². The summed E-state index contributed by atoms with van der Waals surface area (Å²) in [5.41, 5.74) is -0.0817. The lowest BCUT2D eigenvalue weighted by molar-refractivity contribution is 0.598. The first-order valence-electron chi connectivity index (χ1n) is 5.32. The van der Waals surface area contributed by atoms with Crippen molar-refractivity contribution in [1.82, 2.24) is 9.78 Å². The summed E-state index contributed by atoms with van der Waals surface area (Å²) in [5.74, 6) is -0.621. The highest BCUT2D eigenvalue weighted by Crippen LogP contribution is 2.18. The molecule has 1 heterocycles. The molecule has 1 aromatic carbocycles. The third kappa shape index (κ3) is 2.51. The average molecular weight is 269 g/mol. The first kappa shape index (κ1) is 12.6. The van der Waals surface area contributed by atoms with Crippen LogP contribution in [0.1, 0.15) is 6.92 Å². The van der Waals surface area contributed by atoms with Crippen molar-refractivity contribution in [3.8, 4) is 0 Å². The number of anilines is 1. The molecule has 1 N–H and O–H groups in total. The predicted molar refractivity (Wildman–Crippen MR) is 65.1 cm³/mol. The number of hydrogen-bond acceptors (Lipinski definition) is 3. The zero-order valence-corrected chi connectivity index (χ0v) is 10.5. The van der Waals surface area contributed by atoms with Gasteiger partial charge in [-0.25, -0.2) is 12.8 Å². The average Bonchev–Trinajstić information content (AvgIpc) is 2.81. The highest BCUT2D eigenvalue weighted by molar-refractivity contribution is 7.92. The van der Waals surface area contributed by atoms with E-state index in [4.69, 9.17) is 0 Å². The Hall–Kier alpha value is -1.89. The maximum atomic E-state index is 13.4. The number of aryl methyl sites for hydroxylation is 1. The molecule has 0 aliphatic carbocycles. The van der Waals surface area contributed by atoms with Crippen molar-refractivity contribution < 1.29 is 12.8 Å². The van der Waals surface area contributed by atoms with E-state index in [0.717, 1.165) is 0 Å². The van der Waals surface area contributed by atoms with Crippen LogP contribution in [0.2, 0.25) is 0 Å². The van der Waals surface area contributed by atoms with Crippen LogP contribution < -0.4 is 4.72 Å². The Bertz CT molecular complexity index is 652. The number of hydrogen-bond donors (Lipinski definition) is 1. The van der Waals surface area contributed by atoms with E-state index in [1.54, 1.807) is 6.07 Å². The zero-order valence-electron chi connectivity index (χ0n) is 9.67. The summed E-state index contributed by atoms with van der Waals surface area (Å²) in [4.78, 5) is 0.00704. The summed E-state index contributed by atoms with van der Waals surface area (Å²) in [6, 6.07) is 5.59. The van der Waals surface area contributed by atoms with Gasteiger partial charge in [0.2, 0.25) is 0 Å². The molecule has 18 heavy (non-hydrogen) atoms. The minimum atomic E-state index is -3.80. The molecule has 0 atom stereocenters. The third-order valence-corrected chi connectivity index (χ3v) is 3.68. The fraction of sp³-hybridized carbons (Fsp3) is 0.182. The van der Waals surface area contributed by atoms with Crippen LogP contribution in [0.15, 0.2) is 41.6 Å². The molecule has 2 rings (SSSR count). The number of nitrogens with one attached hydrogen (secondary N) is 1. The molecule has 0 radical (unpaired) electrons. The van der Waals surface area contributed by atoms with Crippen molar-refractivity contribution in [3.63, 3.8) is 0 Å². The van der Waals surface area contributed by atoms with E-state index < -0.39 is 15.8 Å². The maximum absolute atomic E-state index is 13.4. The molecule has 0 fully saturated rings. The zero-order chi connectivity index (χ0) is 13.2. The van der Waals surface area contributed by atoms with Gasteiger partial charge < -0.3 is 0 Å². The molecule has 0 saturated heterocycles. The molecule has 0 aliphatic rings. The van der Waals surface area contributed by atoms with Crippen LogP contribution in [0.25, 0.3) is 0 Å². The number of halogens is 1. The minimum absolute atomic E-state index is 0.00704. The van der Waals surface area contributed by atoms with E-state index in [2.05, 4.69) is 9.82 Å². The Balaban J connectivity index is 2.30. The Morgan fingerprint density at radius 1 is 1.39 bits per heavy atom. The Morgan fingerprint density at radius 2 is 2.11 bits per heavy atom. The summed E-state index contributed by atoms with van der Waals surface area (Å²) in [7, 11) is -3.80. The number of benzene rings is 1. The Kier molecular flexibility index (Phi) is 3.33. The van der Waals surface area contributed by atoms with Crippen LogP contribution in [0.4, 0.5) is 10.1 Å². The lowest BCUT2D eigenvalue weighted by Gasteiger charge is -2.06. The molecule has 1 aromatic heterocycles. The lowest BCUT2D eigenvalue weighted by Crippen LogP contribution is -2.13. The van der Waals surface area contributed by atoms with E-state index in [9.17, 15) is 12.8 Å². The van der Waals surface area contributed by atoms with Crippen molar-refractivity contribution in [1.29, 1.82) is 0 Å². The number of para-hydroxylation sites is 1. The normalized spacial score (nSPS) is 11.4. The molecular weight excluding hydrogens is 257 g/mol. The van der Waals surface area contributed by atoms with Gasteiger partial charge in [0.15, 0.2) is 0 Å². The number of nitrogens with zero attached hydrogens (tertiary/aromatic N) is 2. The highest BCUT2D eigenvalue weighted by Gasteiger charge is 2.17. The predicted octanol–water partition coefficient (Wildman–Crippen LogP) is 1.84. The van der Waals surface area contributed by atoms with Gasteiger partial charge in [-0.1, -0.05) is 12.1 Å². The standard InChI is InChI=1S/C11H12FN3O2S/c1-2-15-8-9(7-13-15)18(16,17)14-11-6-4-3-5-10(11)12/h3-8,14H,2H2,1H3. The van der Waals surface area contributed by atoms with Gasteiger partial charge in [-0.15, -0.1) is 0 Å². The highest BCUT2D eigenvalue weighted by atomic mass is 32.2. The van der Waals surface area contributed by atoms with Crippen molar-refractivity contribution in [2.24, 2.45) is 0 Å². The lowest BCUT2D eigenvalue weighted by atomic mass is 10.3. The van der Waals surface area contributed by atoms with Gasteiger partial charge in [-0.2, -0.15) is 5.10 Å². The SMILES string of the molecule is CCn1cc(S(=O)(=O)Nc2ccccc2F)cn1. The molecule has 96 valence electrons. The van der Waals surface area contributed by atoms with Crippen molar-refractivity contribution >= 4 is 15.7 Å². The second kappa shape index (κ2) is 4.77. The molecule has 0 spiro atoms. The molecular formula is C11H12FN3O2S. The Morgan fingerprint density at radius 3 is 2.72 bits per heavy atom. The van der Waals surface area contributed by atoms with Crippen LogP contribution in [0, 0.1) is 5.82 Å². The summed E-state index contributed by atoms with van der Waals surface area (Å²) in [5, 5.41) is 3.87. The first-order valence-corrected chi connectivity index (χ1v) is 6.81. The van der Waals surface area contributed by atoms with Crippen molar-refractivity contribution in [2.75, 3.05) is 4.72 Å². The fourth-order valence-electron chi connectivity index (χ4n) is 1.40. The van der Waals surface area contributed by atoms with Gasteiger partial charge in [0.25, 0.3) is 10.0 Å². The Labute approximate surface area is 104 Å². The van der Waals surface area contributed by atoms with Gasteiger partial charge in [0.1, 0.15) is 10.7 Å². The third-order valence-electron chi connectivity index (χ3n) is 2.36. The molecule has 0 saturated carbocycles. The largest absolute Gasteiger partial charge is 0.277 e. The molecule has 0 aliphatic heterocycles. The summed E-state index contributed by atoms with van der Waals surface area (Å²) < 4.78 is 40.9. The molecule has 0 bridgehead atoms. The monoisotopic (exact) mass is 269 g/mol. The second-order valence-electron chi connectivity index (χ2n) is 3.62. The smallest absolute Gasteiger partial charge is 0.265 e. The van der Waals surface area contributed by atoms with Crippen molar-refractivity contribution in [2.45, 2.75) is 18.4 Å². The molecule has 7 heteroatoms. The van der Waals surface area contributed by atoms with Crippen LogP contribution in [0.5, 0.6) is 0 Å². The number of rotatable bonds is 4. The maximum Gasteiger partial charge on any atom is 0.265 e. The van der Waals surface area contributed by atoms with Gasteiger partial charge in [-0.3, -0.25) is 9.40 Å². The van der Waals surface area contributed by atoms with Gasteiger partial charge in [0.05, 0.1) is 11.9 Å². The van der Waals surface area contributed by atoms with Crippen LogP contribution >= 0.6 is 0 Å². The fourth-order valence-corrected chi connectivity index (χ4v) is 2.42. The first-order chi connectivity index (χ1) is 8.53. The molecule has 0 unspecified atom stereocenters. The minimum Gasteiger partial charge on any atom is -0.277 e. The van der Waals surface area contributed by atoms with E-state index in [1.165, 1.54) is 35.3 Å². The molecule has 2 aromatic rings. The van der Waals surface area contributed by atoms with Gasteiger partial charge >= 0.3 is 0 Å². The number of aromatic nitrogens is 2. The van der Waals surface area contributed by atoms with E-state index in [1.807, 2.05) is 6.92 Å². The molecule has 5 nitrogen and oxygen atoms in total. The van der Waals surface area contributed by atoms with Gasteiger partial charge in [0, 0.05) is 12.7 Å². The molecule has 0 amide bonds. The van der Waals surface area contributed by atoms with Crippen LogP contribution in [0.3, 0.4) is 0 Å². The quantitative estimate of drug-likeness (QED) is 0.921. The van der Waals surface area contributed by atoms with E-state index in [-0.39, 0.29) is 10.6 Å².